The standard InChI is InChI=1S/C22H25N3O3/c1-13(2)18(25-22(27)15-7-4-5-9-19(15)26)12-28-20-10-6-8-17-21(20)16(23)11-14(3)24-17/h4-11,13,18,26H,12H2,1-3H3,(H2,23,24)(H,25,27). The fourth-order valence-corrected chi connectivity index (χ4v) is 3.03. The fourth-order valence-electron chi connectivity index (χ4n) is 3.03. The van der Waals surface area contributed by atoms with Gasteiger partial charge in [-0.15, -0.1) is 0 Å². The molecule has 28 heavy (non-hydrogen) atoms. The minimum atomic E-state index is -0.338. The molecule has 1 heterocycles. The van der Waals surface area contributed by atoms with Crippen LogP contribution < -0.4 is 15.8 Å². The van der Waals surface area contributed by atoms with Crippen molar-refractivity contribution < 1.29 is 14.6 Å². The molecular weight excluding hydrogens is 354 g/mol. The Bertz CT molecular complexity index is 1000. The first kappa shape index (κ1) is 19.5. The lowest BCUT2D eigenvalue weighted by Crippen LogP contribution is -2.42. The first-order valence-corrected chi connectivity index (χ1v) is 9.24. The van der Waals surface area contributed by atoms with Crippen molar-refractivity contribution in [3.63, 3.8) is 0 Å². The average Bonchev–Trinajstić information content (AvgIpc) is 2.64. The Kier molecular flexibility index (Phi) is 5.68. The Labute approximate surface area is 164 Å². The number of hydrogen-bond acceptors (Lipinski definition) is 5. The number of nitrogens with one attached hydrogen (secondary N) is 1. The highest BCUT2D eigenvalue weighted by molar-refractivity contribution is 5.97. The summed E-state index contributed by atoms with van der Waals surface area (Å²) in [7, 11) is 0. The van der Waals surface area contributed by atoms with E-state index >= 15 is 0 Å². The third kappa shape index (κ3) is 4.17. The number of carbonyl (C=O) groups is 1. The molecule has 0 spiro atoms. The van der Waals surface area contributed by atoms with Gasteiger partial charge in [-0.05, 0) is 43.2 Å². The van der Waals surface area contributed by atoms with Crippen LogP contribution in [-0.2, 0) is 0 Å². The van der Waals surface area contributed by atoms with E-state index < -0.39 is 0 Å². The van der Waals surface area contributed by atoms with E-state index in [9.17, 15) is 9.90 Å². The van der Waals surface area contributed by atoms with Crippen LogP contribution in [0.25, 0.3) is 10.9 Å². The lowest BCUT2D eigenvalue weighted by Gasteiger charge is -2.23. The molecule has 1 atom stereocenters. The van der Waals surface area contributed by atoms with Crippen molar-refractivity contribution >= 4 is 22.5 Å². The number of nitrogens with zero attached hydrogens (tertiary/aromatic N) is 1. The number of aryl methyl sites for hydroxylation is 1. The van der Waals surface area contributed by atoms with E-state index in [-0.39, 0.29) is 35.8 Å². The second-order valence-electron chi connectivity index (χ2n) is 7.16. The SMILES string of the molecule is Cc1cc(N)c2c(OCC(NC(=O)c3ccccc3O)C(C)C)cccc2n1. The van der Waals surface area contributed by atoms with Crippen LogP contribution >= 0.6 is 0 Å². The van der Waals surface area contributed by atoms with Crippen LogP contribution in [0.4, 0.5) is 5.69 Å². The fraction of sp³-hybridized carbons (Fsp3) is 0.273. The number of hydrogen-bond donors (Lipinski definition) is 3. The van der Waals surface area contributed by atoms with Gasteiger partial charge in [-0.2, -0.15) is 0 Å². The zero-order valence-electron chi connectivity index (χ0n) is 16.3. The van der Waals surface area contributed by atoms with Gasteiger partial charge in [0.2, 0.25) is 0 Å². The predicted octanol–water partition coefficient (Wildman–Crippen LogP) is 3.66. The average molecular weight is 379 g/mol. The molecule has 1 aromatic heterocycles. The monoisotopic (exact) mass is 379 g/mol. The highest BCUT2D eigenvalue weighted by Crippen LogP contribution is 2.30. The topological polar surface area (TPSA) is 97.5 Å². The summed E-state index contributed by atoms with van der Waals surface area (Å²) in [5.41, 5.74) is 8.64. The summed E-state index contributed by atoms with van der Waals surface area (Å²) in [5.74, 6) is 0.370. The molecule has 0 fully saturated rings. The van der Waals surface area contributed by atoms with Gasteiger partial charge >= 0.3 is 0 Å². The maximum atomic E-state index is 12.5. The van der Waals surface area contributed by atoms with Gasteiger partial charge in [0.05, 0.1) is 22.5 Å². The molecule has 146 valence electrons. The number of para-hydroxylation sites is 1. The third-order valence-electron chi connectivity index (χ3n) is 4.64. The molecule has 6 heteroatoms. The van der Waals surface area contributed by atoms with Gasteiger partial charge in [0.15, 0.2) is 0 Å². The van der Waals surface area contributed by atoms with Crippen molar-refractivity contribution in [3.05, 3.63) is 59.8 Å². The molecular formula is C22H25N3O3. The van der Waals surface area contributed by atoms with E-state index in [0.717, 1.165) is 16.6 Å². The Morgan fingerprint density at radius 1 is 1.21 bits per heavy atom. The summed E-state index contributed by atoms with van der Waals surface area (Å²) in [6, 6.07) is 13.6. The van der Waals surface area contributed by atoms with Gasteiger partial charge in [0, 0.05) is 11.4 Å². The smallest absolute Gasteiger partial charge is 0.255 e. The van der Waals surface area contributed by atoms with Crippen LogP contribution in [0.1, 0.15) is 29.9 Å². The van der Waals surface area contributed by atoms with Crippen molar-refractivity contribution in [1.82, 2.24) is 10.3 Å². The van der Waals surface area contributed by atoms with Gasteiger partial charge in [-0.25, -0.2) is 0 Å². The summed E-state index contributed by atoms with van der Waals surface area (Å²) >= 11 is 0. The first-order chi connectivity index (χ1) is 13.4. The molecule has 0 aliphatic rings. The van der Waals surface area contributed by atoms with E-state index in [1.165, 1.54) is 6.07 Å². The number of aromatic hydroxyl groups is 1. The highest BCUT2D eigenvalue weighted by Gasteiger charge is 2.20. The largest absolute Gasteiger partial charge is 0.507 e. The summed E-state index contributed by atoms with van der Waals surface area (Å²) in [4.78, 5) is 17.0. The number of ether oxygens (including phenoxy) is 1. The molecule has 0 aliphatic carbocycles. The molecule has 3 aromatic rings. The second-order valence-corrected chi connectivity index (χ2v) is 7.16. The van der Waals surface area contributed by atoms with Gasteiger partial charge < -0.3 is 20.9 Å². The number of phenols is 1. The quantitative estimate of drug-likeness (QED) is 0.607. The van der Waals surface area contributed by atoms with Crippen molar-refractivity contribution in [2.24, 2.45) is 5.92 Å². The summed E-state index contributed by atoms with van der Waals surface area (Å²) in [5, 5.41) is 13.6. The van der Waals surface area contributed by atoms with E-state index in [4.69, 9.17) is 10.5 Å². The Hall–Kier alpha value is -3.28. The number of aromatic nitrogens is 1. The zero-order valence-corrected chi connectivity index (χ0v) is 16.3. The predicted molar refractivity (Wildman–Crippen MR) is 111 cm³/mol. The van der Waals surface area contributed by atoms with Crippen molar-refractivity contribution in [2.75, 3.05) is 12.3 Å². The highest BCUT2D eigenvalue weighted by atomic mass is 16.5. The maximum absolute atomic E-state index is 12.5. The minimum absolute atomic E-state index is 0.0494. The van der Waals surface area contributed by atoms with Gasteiger partial charge in [0.25, 0.3) is 5.91 Å². The number of fused-ring (bicyclic) bond motifs is 1. The summed E-state index contributed by atoms with van der Waals surface area (Å²) in [6.07, 6.45) is 0. The van der Waals surface area contributed by atoms with Crippen molar-refractivity contribution in [3.8, 4) is 11.5 Å². The Morgan fingerprint density at radius 3 is 2.68 bits per heavy atom. The molecule has 6 nitrogen and oxygen atoms in total. The summed E-state index contributed by atoms with van der Waals surface area (Å²) in [6.45, 7) is 6.17. The zero-order chi connectivity index (χ0) is 20.3. The minimum Gasteiger partial charge on any atom is -0.507 e. The molecule has 0 saturated heterocycles. The number of amides is 1. The van der Waals surface area contributed by atoms with Crippen molar-refractivity contribution in [2.45, 2.75) is 26.8 Å². The van der Waals surface area contributed by atoms with Crippen LogP contribution in [-0.4, -0.2) is 28.6 Å². The Morgan fingerprint density at radius 2 is 1.96 bits per heavy atom. The molecule has 0 radical (unpaired) electrons. The van der Waals surface area contributed by atoms with Crippen LogP contribution in [0.3, 0.4) is 0 Å². The molecule has 1 amide bonds. The Balaban J connectivity index is 1.79. The molecule has 0 bridgehead atoms. The molecule has 0 saturated carbocycles. The lowest BCUT2D eigenvalue weighted by molar-refractivity contribution is 0.0902. The van der Waals surface area contributed by atoms with E-state index in [1.54, 1.807) is 18.2 Å². The third-order valence-corrected chi connectivity index (χ3v) is 4.64. The number of pyridine rings is 1. The molecule has 2 aromatic carbocycles. The van der Waals surface area contributed by atoms with E-state index in [2.05, 4.69) is 10.3 Å². The van der Waals surface area contributed by atoms with Gasteiger partial charge in [0.1, 0.15) is 18.1 Å². The van der Waals surface area contributed by atoms with Crippen LogP contribution in [0.5, 0.6) is 11.5 Å². The maximum Gasteiger partial charge on any atom is 0.255 e. The lowest BCUT2D eigenvalue weighted by atomic mass is 10.0. The number of rotatable bonds is 6. The molecule has 4 N–H and O–H groups in total. The molecule has 3 rings (SSSR count). The van der Waals surface area contributed by atoms with Crippen LogP contribution in [0, 0.1) is 12.8 Å². The van der Waals surface area contributed by atoms with Crippen LogP contribution in [0.15, 0.2) is 48.5 Å². The second kappa shape index (κ2) is 8.17. The van der Waals surface area contributed by atoms with Gasteiger partial charge in [-0.1, -0.05) is 32.0 Å². The number of nitrogen functional groups attached to an aromatic ring is 1. The molecule has 1 unspecified atom stereocenters. The number of benzene rings is 2. The van der Waals surface area contributed by atoms with Crippen LogP contribution in [0.2, 0.25) is 0 Å². The van der Waals surface area contributed by atoms with E-state index in [1.807, 2.05) is 45.0 Å². The number of phenolic OH excluding ortho intramolecular Hbond substituents is 1. The number of carbonyl (C=O) groups excluding carboxylic acids is 1. The summed E-state index contributed by atoms with van der Waals surface area (Å²) < 4.78 is 6.03. The molecule has 0 aliphatic heterocycles. The van der Waals surface area contributed by atoms with E-state index in [0.29, 0.717) is 11.4 Å². The normalized spacial score (nSPS) is 12.1. The number of nitrogens with two attached hydrogens (primary N) is 1. The van der Waals surface area contributed by atoms with Crippen molar-refractivity contribution in [1.29, 1.82) is 0 Å². The first-order valence-electron chi connectivity index (χ1n) is 9.24. The number of anilines is 1. The van der Waals surface area contributed by atoms with Gasteiger partial charge in [-0.3, -0.25) is 9.78 Å².